The molecule has 0 bridgehead atoms. The summed E-state index contributed by atoms with van der Waals surface area (Å²) < 4.78 is 7.03. The molecule has 0 fully saturated rings. The highest BCUT2D eigenvalue weighted by Crippen LogP contribution is 2.17. The molecule has 0 aliphatic carbocycles. The number of nitrogens with one attached hydrogen (secondary N) is 1. The van der Waals surface area contributed by atoms with Crippen LogP contribution in [-0.2, 0) is 26.2 Å². The molecule has 5 rings (SSSR count). The van der Waals surface area contributed by atoms with Crippen LogP contribution in [0.4, 0.5) is 0 Å². The summed E-state index contributed by atoms with van der Waals surface area (Å²) in [5, 5.41) is 13.4. The average Bonchev–Trinajstić information content (AvgIpc) is 3.32. The molecule has 0 saturated carbocycles. The van der Waals surface area contributed by atoms with Crippen LogP contribution >= 0.6 is 0 Å². The quantitative estimate of drug-likeness (QED) is 0.344. The number of benzene rings is 2. The topological polar surface area (TPSA) is 102 Å². The van der Waals surface area contributed by atoms with Crippen molar-refractivity contribution in [3.63, 3.8) is 0 Å². The third kappa shape index (κ3) is 5.47. The van der Waals surface area contributed by atoms with Gasteiger partial charge in [-0.2, -0.15) is 0 Å². The molecule has 0 saturated heterocycles. The highest BCUT2D eigenvalue weighted by Gasteiger charge is 2.16. The molecule has 0 amide bonds. The fourth-order valence-corrected chi connectivity index (χ4v) is 4.20. The third-order valence-electron chi connectivity index (χ3n) is 6.06. The molecular weight excluding hydrogens is 454 g/mol. The van der Waals surface area contributed by atoms with Crippen LogP contribution in [0.15, 0.2) is 77.9 Å². The smallest absolute Gasteiger partial charge is 0.252 e. The van der Waals surface area contributed by atoms with Crippen LogP contribution in [-0.4, -0.2) is 42.2 Å². The van der Waals surface area contributed by atoms with Crippen molar-refractivity contribution < 1.29 is 4.74 Å². The van der Waals surface area contributed by atoms with Crippen molar-refractivity contribution in [1.82, 2.24) is 35.1 Å². The molecule has 5 aromatic rings. The van der Waals surface area contributed by atoms with E-state index >= 15 is 0 Å². The van der Waals surface area contributed by atoms with E-state index < -0.39 is 0 Å². The van der Waals surface area contributed by atoms with Crippen molar-refractivity contribution in [2.45, 2.75) is 33.1 Å². The van der Waals surface area contributed by atoms with Crippen molar-refractivity contribution >= 4 is 10.9 Å². The number of hydrogen-bond donors (Lipinski definition) is 1. The minimum atomic E-state index is -0.0953. The molecule has 9 nitrogen and oxygen atoms in total. The SMILES string of the molecule is COc1ccc(Cn2nnnc2CN(Cc2cccnc2)Cc2cc3ccc(C)cc3[nH]c2=O)cc1. The van der Waals surface area contributed by atoms with Crippen molar-refractivity contribution in [3.8, 4) is 5.75 Å². The molecule has 36 heavy (non-hydrogen) atoms. The van der Waals surface area contributed by atoms with Crippen LogP contribution in [0.3, 0.4) is 0 Å². The Balaban J connectivity index is 1.41. The number of hydrogen-bond acceptors (Lipinski definition) is 7. The Morgan fingerprint density at radius 2 is 1.86 bits per heavy atom. The Labute approximate surface area is 208 Å². The second-order valence-corrected chi connectivity index (χ2v) is 8.82. The first-order valence-corrected chi connectivity index (χ1v) is 11.7. The Morgan fingerprint density at radius 3 is 2.64 bits per heavy atom. The molecule has 0 aliphatic rings. The number of tetrazole rings is 1. The summed E-state index contributed by atoms with van der Waals surface area (Å²) in [7, 11) is 1.65. The van der Waals surface area contributed by atoms with E-state index in [4.69, 9.17) is 4.74 Å². The molecule has 3 heterocycles. The van der Waals surface area contributed by atoms with Gasteiger partial charge in [-0.05, 0) is 69.8 Å². The van der Waals surface area contributed by atoms with E-state index in [2.05, 4.69) is 30.4 Å². The van der Waals surface area contributed by atoms with E-state index in [-0.39, 0.29) is 5.56 Å². The Morgan fingerprint density at radius 1 is 1.00 bits per heavy atom. The minimum Gasteiger partial charge on any atom is -0.497 e. The van der Waals surface area contributed by atoms with E-state index in [1.807, 2.05) is 73.8 Å². The first kappa shape index (κ1) is 23.4. The number of fused-ring (bicyclic) bond motifs is 1. The Bertz CT molecular complexity index is 1510. The fourth-order valence-electron chi connectivity index (χ4n) is 4.20. The molecule has 0 aliphatic heterocycles. The van der Waals surface area contributed by atoms with Gasteiger partial charge in [-0.1, -0.05) is 30.3 Å². The molecule has 3 aromatic heterocycles. The largest absolute Gasteiger partial charge is 0.497 e. The maximum Gasteiger partial charge on any atom is 0.252 e. The zero-order chi connectivity index (χ0) is 24.9. The van der Waals surface area contributed by atoms with E-state index in [1.165, 1.54) is 0 Å². The standard InChI is InChI=1S/C27H27N7O2/c1-19-5-8-22-13-23(27(35)29-25(22)12-19)17-33(15-21-4-3-11-28-14-21)18-26-30-31-32-34(26)16-20-6-9-24(36-2)10-7-20/h3-14H,15-18H2,1-2H3,(H,29,35). The van der Waals surface area contributed by atoms with Gasteiger partial charge in [0.15, 0.2) is 5.82 Å². The van der Waals surface area contributed by atoms with Gasteiger partial charge < -0.3 is 9.72 Å². The second-order valence-electron chi connectivity index (χ2n) is 8.82. The van der Waals surface area contributed by atoms with Crippen LogP contribution < -0.4 is 10.3 Å². The highest BCUT2D eigenvalue weighted by atomic mass is 16.5. The summed E-state index contributed by atoms with van der Waals surface area (Å²) in [5.74, 6) is 1.51. The molecule has 2 aromatic carbocycles. The van der Waals surface area contributed by atoms with Crippen molar-refractivity contribution in [1.29, 1.82) is 0 Å². The van der Waals surface area contributed by atoms with Crippen molar-refractivity contribution in [2.75, 3.05) is 7.11 Å². The molecular formula is C27H27N7O2. The van der Waals surface area contributed by atoms with E-state index in [9.17, 15) is 4.79 Å². The van der Waals surface area contributed by atoms with Gasteiger partial charge in [0.1, 0.15) is 5.75 Å². The number of pyridine rings is 2. The van der Waals surface area contributed by atoms with Gasteiger partial charge in [-0.3, -0.25) is 14.7 Å². The van der Waals surface area contributed by atoms with Gasteiger partial charge in [0, 0.05) is 36.6 Å². The number of aryl methyl sites for hydroxylation is 1. The lowest BCUT2D eigenvalue weighted by atomic mass is 10.1. The highest BCUT2D eigenvalue weighted by molar-refractivity contribution is 5.79. The van der Waals surface area contributed by atoms with Gasteiger partial charge in [-0.15, -0.1) is 5.10 Å². The molecule has 9 heteroatoms. The Kier molecular flexibility index (Phi) is 6.81. The van der Waals surface area contributed by atoms with E-state index in [1.54, 1.807) is 18.0 Å². The first-order valence-electron chi connectivity index (χ1n) is 11.7. The Hall–Kier alpha value is -4.37. The number of aromatic amines is 1. The molecule has 0 spiro atoms. The van der Waals surface area contributed by atoms with Gasteiger partial charge >= 0.3 is 0 Å². The van der Waals surface area contributed by atoms with Gasteiger partial charge in [0.2, 0.25) is 0 Å². The van der Waals surface area contributed by atoms with Crippen molar-refractivity contribution in [3.05, 3.63) is 111 Å². The van der Waals surface area contributed by atoms with E-state index in [0.717, 1.165) is 33.3 Å². The average molecular weight is 482 g/mol. The molecule has 0 unspecified atom stereocenters. The normalized spacial score (nSPS) is 11.3. The predicted molar refractivity (Wildman–Crippen MR) is 136 cm³/mol. The monoisotopic (exact) mass is 481 g/mol. The number of rotatable bonds is 9. The third-order valence-corrected chi connectivity index (χ3v) is 6.06. The summed E-state index contributed by atoms with van der Waals surface area (Å²) in [6.07, 6.45) is 3.58. The predicted octanol–water partition coefficient (Wildman–Crippen LogP) is 3.48. The lowest BCUT2D eigenvalue weighted by molar-refractivity contribution is 0.235. The fraction of sp³-hybridized carbons (Fsp3) is 0.222. The van der Waals surface area contributed by atoms with E-state index in [0.29, 0.717) is 37.6 Å². The molecule has 1 N–H and O–H groups in total. The van der Waals surface area contributed by atoms with Crippen molar-refractivity contribution in [2.24, 2.45) is 0 Å². The maximum atomic E-state index is 12.9. The number of nitrogens with zero attached hydrogens (tertiary/aromatic N) is 6. The molecule has 0 atom stereocenters. The minimum absolute atomic E-state index is 0.0953. The number of H-pyrrole nitrogens is 1. The van der Waals surface area contributed by atoms with Gasteiger partial charge in [-0.25, -0.2) is 4.68 Å². The number of methoxy groups -OCH3 is 1. The van der Waals surface area contributed by atoms with Crippen LogP contribution in [0.25, 0.3) is 10.9 Å². The zero-order valence-corrected chi connectivity index (χ0v) is 20.3. The summed E-state index contributed by atoms with van der Waals surface area (Å²) in [6, 6.07) is 19.8. The maximum absolute atomic E-state index is 12.9. The lowest BCUT2D eigenvalue weighted by Crippen LogP contribution is -2.28. The molecule has 0 radical (unpaired) electrons. The van der Waals surface area contributed by atoms with Gasteiger partial charge in [0.25, 0.3) is 5.56 Å². The zero-order valence-electron chi connectivity index (χ0n) is 20.3. The summed E-state index contributed by atoms with van der Waals surface area (Å²) in [6.45, 7) is 4.03. The first-order chi connectivity index (χ1) is 17.6. The number of ether oxygens (including phenoxy) is 1. The second kappa shape index (κ2) is 10.5. The van der Waals surface area contributed by atoms with Gasteiger partial charge in [0.05, 0.1) is 20.2 Å². The summed E-state index contributed by atoms with van der Waals surface area (Å²) in [5.41, 5.74) is 4.63. The van der Waals surface area contributed by atoms with Crippen LogP contribution in [0.1, 0.15) is 28.1 Å². The molecule has 182 valence electrons. The van der Waals surface area contributed by atoms with Crippen LogP contribution in [0.5, 0.6) is 5.75 Å². The lowest BCUT2D eigenvalue weighted by Gasteiger charge is -2.22. The summed E-state index contributed by atoms with van der Waals surface area (Å²) in [4.78, 5) is 22.4. The number of aromatic nitrogens is 6. The van der Waals surface area contributed by atoms with Crippen LogP contribution in [0, 0.1) is 6.92 Å². The summed E-state index contributed by atoms with van der Waals surface area (Å²) >= 11 is 0. The van der Waals surface area contributed by atoms with Crippen LogP contribution in [0.2, 0.25) is 0 Å².